The second-order valence-corrected chi connectivity index (χ2v) is 8.89. The van der Waals surface area contributed by atoms with Crippen LogP contribution < -0.4 is 16.4 Å². The van der Waals surface area contributed by atoms with Crippen molar-refractivity contribution in [1.82, 2.24) is 15.6 Å². The van der Waals surface area contributed by atoms with Crippen molar-refractivity contribution in [3.63, 3.8) is 0 Å². The topological polar surface area (TPSA) is 80.0 Å². The Labute approximate surface area is 175 Å². The number of fused-ring (bicyclic) bond motifs is 1. The predicted molar refractivity (Wildman–Crippen MR) is 121 cm³/mol. The van der Waals surface area contributed by atoms with E-state index in [9.17, 15) is 4.79 Å². The van der Waals surface area contributed by atoms with Crippen molar-refractivity contribution in [2.45, 2.75) is 13.0 Å². The maximum atomic E-state index is 12.2. The summed E-state index contributed by atoms with van der Waals surface area (Å²) in [7, 11) is 0. The first-order valence-corrected chi connectivity index (χ1v) is 10.9. The van der Waals surface area contributed by atoms with Gasteiger partial charge in [-0.1, -0.05) is 30.3 Å². The molecule has 0 aliphatic carbocycles. The number of nitrogens with two attached hydrogens (primary N) is 1. The average Bonchev–Trinajstić information content (AvgIpc) is 3.35. The standard InChI is InChI=1S/C22H18N4OS2/c1-12-19(21-25-16(11-28-21)13-6-8-15(23)9-7-13)20(26-22(27)24-12)18-10-14-4-2-3-5-17(14)29-18/h2-11,20H,23H2,1H3,(H2,24,26,27). The summed E-state index contributed by atoms with van der Waals surface area (Å²) < 4.78 is 1.20. The Balaban J connectivity index is 1.58. The molecule has 5 nitrogen and oxygen atoms in total. The third-order valence-corrected chi connectivity index (χ3v) is 7.00. The lowest BCUT2D eigenvalue weighted by atomic mass is 10.0. The van der Waals surface area contributed by atoms with Crippen LogP contribution in [0, 0.1) is 0 Å². The summed E-state index contributed by atoms with van der Waals surface area (Å²) in [6.45, 7) is 1.93. The predicted octanol–water partition coefficient (Wildman–Crippen LogP) is 5.39. The number of thiophene rings is 1. The number of nitrogens with one attached hydrogen (secondary N) is 2. The van der Waals surface area contributed by atoms with E-state index in [-0.39, 0.29) is 12.1 Å². The summed E-state index contributed by atoms with van der Waals surface area (Å²) in [5.74, 6) is 0. The molecule has 1 atom stereocenters. The number of rotatable bonds is 3. The highest BCUT2D eigenvalue weighted by atomic mass is 32.1. The van der Waals surface area contributed by atoms with E-state index in [1.807, 2.05) is 48.7 Å². The summed E-state index contributed by atoms with van der Waals surface area (Å²) in [5.41, 5.74) is 10.3. The second kappa shape index (κ2) is 7.02. The smallest absolute Gasteiger partial charge is 0.319 e. The van der Waals surface area contributed by atoms with Crippen molar-refractivity contribution in [2.24, 2.45) is 0 Å². The van der Waals surface area contributed by atoms with Crippen LogP contribution in [0.15, 0.2) is 65.7 Å². The minimum atomic E-state index is -0.230. The van der Waals surface area contributed by atoms with Crippen molar-refractivity contribution in [3.05, 3.63) is 75.6 Å². The van der Waals surface area contributed by atoms with Crippen LogP contribution in [-0.4, -0.2) is 11.0 Å². The molecule has 1 aliphatic rings. The fourth-order valence-corrected chi connectivity index (χ4v) is 5.61. The maximum Gasteiger partial charge on any atom is 0.319 e. The summed E-state index contributed by atoms with van der Waals surface area (Å²) in [6, 6.07) is 17.7. The molecule has 3 heterocycles. The average molecular weight is 419 g/mol. The van der Waals surface area contributed by atoms with Gasteiger partial charge >= 0.3 is 6.03 Å². The molecule has 7 heteroatoms. The number of nitrogens with zero attached hydrogens (tertiary/aromatic N) is 1. The number of nitrogen functional groups attached to an aromatic ring is 1. The molecule has 0 bridgehead atoms. The second-order valence-electron chi connectivity index (χ2n) is 6.92. The Kier molecular flexibility index (Phi) is 4.34. The van der Waals surface area contributed by atoms with Crippen LogP contribution in [-0.2, 0) is 0 Å². The third-order valence-electron chi connectivity index (χ3n) is 4.94. The number of allylic oxidation sites excluding steroid dienone is 1. The van der Waals surface area contributed by atoms with Gasteiger partial charge in [-0.3, -0.25) is 0 Å². The molecular formula is C22H18N4OS2. The van der Waals surface area contributed by atoms with Gasteiger partial charge in [-0.25, -0.2) is 9.78 Å². The lowest BCUT2D eigenvalue weighted by Gasteiger charge is -2.27. The van der Waals surface area contributed by atoms with Crippen molar-refractivity contribution in [3.8, 4) is 11.3 Å². The van der Waals surface area contributed by atoms with Gasteiger partial charge in [0.05, 0.1) is 11.7 Å². The quantitative estimate of drug-likeness (QED) is 0.390. The molecule has 4 N–H and O–H groups in total. The first-order valence-electron chi connectivity index (χ1n) is 9.17. The van der Waals surface area contributed by atoms with Crippen molar-refractivity contribution >= 4 is 50.1 Å². The zero-order chi connectivity index (χ0) is 20.0. The van der Waals surface area contributed by atoms with E-state index in [1.165, 1.54) is 10.1 Å². The van der Waals surface area contributed by atoms with Crippen LogP contribution in [0.25, 0.3) is 26.9 Å². The van der Waals surface area contributed by atoms with Gasteiger partial charge in [0, 0.05) is 37.5 Å². The van der Waals surface area contributed by atoms with Gasteiger partial charge in [-0.2, -0.15) is 0 Å². The lowest BCUT2D eigenvalue weighted by Crippen LogP contribution is -2.42. The molecule has 1 unspecified atom stereocenters. The first-order chi connectivity index (χ1) is 14.1. The number of carbonyl (C=O) groups excluding carboxylic acids is 1. The first kappa shape index (κ1) is 17.9. The summed E-state index contributed by atoms with van der Waals surface area (Å²) in [4.78, 5) is 18.2. The molecule has 5 rings (SSSR count). The zero-order valence-electron chi connectivity index (χ0n) is 15.6. The molecule has 0 fully saturated rings. The highest BCUT2D eigenvalue weighted by Gasteiger charge is 2.30. The highest BCUT2D eigenvalue weighted by Crippen LogP contribution is 2.41. The van der Waals surface area contributed by atoms with E-state index in [0.717, 1.165) is 38.1 Å². The number of benzene rings is 2. The maximum absolute atomic E-state index is 12.2. The van der Waals surface area contributed by atoms with Gasteiger partial charge < -0.3 is 16.4 Å². The Morgan fingerprint density at radius 1 is 1.10 bits per heavy atom. The number of thiazole rings is 1. The number of hydrogen-bond acceptors (Lipinski definition) is 5. The van der Waals surface area contributed by atoms with Gasteiger partial charge in [0.25, 0.3) is 0 Å². The molecule has 1 aliphatic heterocycles. The number of hydrogen-bond donors (Lipinski definition) is 3. The van der Waals surface area contributed by atoms with Crippen LogP contribution in [0.2, 0.25) is 0 Å². The van der Waals surface area contributed by atoms with Gasteiger partial charge in [0.1, 0.15) is 5.01 Å². The van der Waals surface area contributed by atoms with Crippen LogP contribution >= 0.6 is 22.7 Å². The largest absolute Gasteiger partial charge is 0.399 e. The van der Waals surface area contributed by atoms with E-state index in [4.69, 9.17) is 10.7 Å². The third kappa shape index (κ3) is 3.28. The molecule has 4 aromatic rings. The fourth-order valence-electron chi connectivity index (χ4n) is 3.52. The van der Waals surface area contributed by atoms with Gasteiger partial charge in [0.2, 0.25) is 0 Å². The number of urea groups is 1. The van der Waals surface area contributed by atoms with E-state index in [0.29, 0.717) is 0 Å². The number of aromatic nitrogens is 1. The zero-order valence-corrected chi connectivity index (χ0v) is 17.2. The Hall–Kier alpha value is -3.16. The molecule has 29 heavy (non-hydrogen) atoms. The minimum absolute atomic E-state index is 0.191. The van der Waals surface area contributed by atoms with Crippen LogP contribution in [0.1, 0.15) is 22.9 Å². The van der Waals surface area contributed by atoms with Gasteiger partial charge in [-0.15, -0.1) is 22.7 Å². The van der Waals surface area contributed by atoms with Crippen molar-refractivity contribution < 1.29 is 4.79 Å². The van der Waals surface area contributed by atoms with Crippen LogP contribution in [0.5, 0.6) is 0 Å². The summed E-state index contributed by atoms with van der Waals surface area (Å²) in [5, 5.41) is 10.1. The molecule has 2 aromatic heterocycles. The molecule has 0 radical (unpaired) electrons. The number of anilines is 1. The Morgan fingerprint density at radius 3 is 2.69 bits per heavy atom. The highest BCUT2D eigenvalue weighted by molar-refractivity contribution is 7.19. The van der Waals surface area contributed by atoms with Crippen LogP contribution in [0.3, 0.4) is 0 Å². The van der Waals surface area contributed by atoms with E-state index in [2.05, 4.69) is 28.8 Å². The summed E-state index contributed by atoms with van der Waals surface area (Å²) >= 11 is 3.28. The molecule has 2 amide bonds. The minimum Gasteiger partial charge on any atom is -0.399 e. The van der Waals surface area contributed by atoms with E-state index >= 15 is 0 Å². The van der Waals surface area contributed by atoms with Gasteiger partial charge in [0.15, 0.2) is 0 Å². The molecule has 0 spiro atoms. The van der Waals surface area contributed by atoms with Crippen LogP contribution in [0.4, 0.5) is 10.5 Å². The van der Waals surface area contributed by atoms with Gasteiger partial charge in [-0.05, 0) is 36.6 Å². The number of carbonyl (C=O) groups is 1. The summed E-state index contributed by atoms with van der Waals surface area (Å²) in [6.07, 6.45) is 0. The normalized spacial score (nSPS) is 16.7. The monoisotopic (exact) mass is 418 g/mol. The molecule has 144 valence electrons. The molecule has 0 saturated heterocycles. The van der Waals surface area contributed by atoms with Crippen molar-refractivity contribution in [2.75, 3.05) is 5.73 Å². The van der Waals surface area contributed by atoms with E-state index < -0.39 is 0 Å². The molecule has 2 aromatic carbocycles. The Morgan fingerprint density at radius 2 is 1.90 bits per heavy atom. The Bertz CT molecular complexity index is 1220. The molecule has 0 saturated carbocycles. The fraction of sp³-hybridized carbons (Fsp3) is 0.0909. The lowest BCUT2D eigenvalue weighted by molar-refractivity contribution is 0.240. The van der Waals surface area contributed by atoms with E-state index in [1.54, 1.807) is 22.7 Å². The molecular weight excluding hydrogens is 400 g/mol. The SMILES string of the molecule is CC1=C(c2nc(-c3ccc(N)cc3)cs2)C(c2cc3ccccc3s2)NC(=O)N1. The van der Waals surface area contributed by atoms with Crippen molar-refractivity contribution in [1.29, 1.82) is 0 Å². The number of amides is 2.